The third kappa shape index (κ3) is 3.68. The van der Waals surface area contributed by atoms with Gasteiger partial charge in [0.2, 0.25) is 5.91 Å². The molecule has 1 aromatic heterocycles. The summed E-state index contributed by atoms with van der Waals surface area (Å²) in [6.07, 6.45) is 2.52. The van der Waals surface area contributed by atoms with Crippen LogP contribution >= 0.6 is 12.4 Å². The Balaban J connectivity index is 0.00000180. The lowest BCUT2D eigenvalue weighted by Gasteiger charge is -2.06. The Morgan fingerprint density at radius 3 is 2.95 bits per heavy atom. The number of hydrogen-bond acceptors (Lipinski definition) is 2. The Hall–Kier alpha value is -1.59. The second-order valence-corrected chi connectivity index (χ2v) is 4.33. The highest BCUT2D eigenvalue weighted by molar-refractivity contribution is 5.85. The second kappa shape index (κ2) is 6.54. The summed E-state index contributed by atoms with van der Waals surface area (Å²) in [5.74, 6) is -0.429. The van der Waals surface area contributed by atoms with Crippen LogP contribution in [0.25, 0.3) is 10.9 Å². The topological polar surface area (TPSA) is 70.9 Å². The molecule has 0 saturated heterocycles. The number of fused-ring (bicyclic) bond motifs is 1. The first kappa shape index (κ1) is 15.5. The lowest BCUT2D eigenvalue weighted by atomic mass is 10.1. The Bertz CT molecular complexity index is 568. The van der Waals surface area contributed by atoms with Crippen molar-refractivity contribution in [3.05, 3.63) is 35.8 Å². The average Bonchev–Trinajstić information content (AvgIpc) is 2.71. The molecule has 2 rings (SSSR count). The van der Waals surface area contributed by atoms with Gasteiger partial charge in [-0.2, -0.15) is 0 Å². The maximum atomic E-state index is 13.0. The number of H-pyrrole nitrogens is 1. The van der Waals surface area contributed by atoms with Crippen molar-refractivity contribution < 1.29 is 9.18 Å². The van der Waals surface area contributed by atoms with E-state index in [9.17, 15) is 9.18 Å². The molecule has 4 nitrogen and oxygen atoms in total. The first-order valence-corrected chi connectivity index (χ1v) is 5.86. The van der Waals surface area contributed by atoms with Crippen LogP contribution in [0.4, 0.5) is 4.39 Å². The predicted octanol–water partition coefficient (Wildman–Crippen LogP) is 1.73. The maximum Gasteiger partial charge on any atom is 0.236 e. The summed E-state index contributed by atoms with van der Waals surface area (Å²) in [5, 5.41) is 3.72. The van der Waals surface area contributed by atoms with E-state index < -0.39 is 6.04 Å². The van der Waals surface area contributed by atoms with E-state index in [-0.39, 0.29) is 24.1 Å². The third-order valence-electron chi connectivity index (χ3n) is 2.84. The normalized spacial score (nSPS) is 11.9. The van der Waals surface area contributed by atoms with Crippen LogP contribution in [0.3, 0.4) is 0 Å². The van der Waals surface area contributed by atoms with Crippen molar-refractivity contribution in [1.82, 2.24) is 10.3 Å². The lowest BCUT2D eigenvalue weighted by Crippen LogP contribution is -2.39. The van der Waals surface area contributed by atoms with E-state index in [1.807, 2.05) is 6.20 Å². The largest absolute Gasteiger partial charge is 0.361 e. The number of aromatic amines is 1. The highest BCUT2D eigenvalue weighted by atomic mass is 35.5. The molecule has 0 fully saturated rings. The number of halogens is 2. The lowest BCUT2D eigenvalue weighted by molar-refractivity contribution is -0.121. The van der Waals surface area contributed by atoms with Crippen LogP contribution in [0.15, 0.2) is 24.4 Å². The zero-order chi connectivity index (χ0) is 13.1. The van der Waals surface area contributed by atoms with Crippen molar-refractivity contribution in [2.75, 3.05) is 6.54 Å². The number of amides is 1. The van der Waals surface area contributed by atoms with Crippen molar-refractivity contribution in [1.29, 1.82) is 0 Å². The van der Waals surface area contributed by atoms with Gasteiger partial charge in [-0.1, -0.05) is 0 Å². The number of carbonyl (C=O) groups excluding carboxylic acids is 1. The number of carbonyl (C=O) groups is 1. The SMILES string of the molecule is CC(N)C(=O)NCCc1c[nH]c2cc(F)ccc12.Cl. The summed E-state index contributed by atoms with van der Waals surface area (Å²) in [6, 6.07) is 4.13. The van der Waals surface area contributed by atoms with Crippen molar-refractivity contribution in [2.45, 2.75) is 19.4 Å². The Labute approximate surface area is 117 Å². The van der Waals surface area contributed by atoms with E-state index in [1.54, 1.807) is 13.0 Å². The molecule has 0 bridgehead atoms. The Kier molecular flexibility index (Phi) is 5.32. The number of nitrogens with two attached hydrogens (primary N) is 1. The summed E-state index contributed by atoms with van der Waals surface area (Å²) in [6.45, 7) is 2.16. The minimum atomic E-state index is -0.498. The van der Waals surface area contributed by atoms with Crippen LogP contribution in [0.2, 0.25) is 0 Å². The standard InChI is InChI=1S/C13H16FN3O.ClH/c1-8(15)13(18)16-5-4-9-7-17-12-6-10(14)2-3-11(9)12;/h2-3,6-8,17H,4-5,15H2,1H3,(H,16,18);1H. The molecule has 1 aromatic carbocycles. The molecular formula is C13H17ClFN3O. The number of nitrogens with one attached hydrogen (secondary N) is 2. The van der Waals surface area contributed by atoms with Gasteiger partial charge in [-0.3, -0.25) is 4.79 Å². The van der Waals surface area contributed by atoms with Crippen molar-refractivity contribution in [3.8, 4) is 0 Å². The minimum Gasteiger partial charge on any atom is -0.361 e. The first-order chi connectivity index (χ1) is 8.58. The zero-order valence-electron chi connectivity index (χ0n) is 10.6. The smallest absolute Gasteiger partial charge is 0.236 e. The molecule has 0 aliphatic heterocycles. The molecule has 2 aromatic rings. The van der Waals surface area contributed by atoms with Gasteiger partial charge in [0.25, 0.3) is 0 Å². The molecule has 1 unspecified atom stereocenters. The first-order valence-electron chi connectivity index (χ1n) is 5.86. The molecule has 0 aliphatic carbocycles. The van der Waals surface area contributed by atoms with Crippen LogP contribution in [0, 0.1) is 5.82 Å². The molecule has 104 valence electrons. The summed E-state index contributed by atoms with van der Waals surface area (Å²) in [5.41, 5.74) is 7.26. The monoisotopic (exact) mass is 285 g/mol. The molecule has 0 spiro atoms. The van der Waals surface area contributed by atoms with E-state index in [2.05, 4.69) is 10.3 Å². The second-order valence-electron chi connectivity index (χ2n) is 4.33. The fourth-order valence-corrected chi connectivity index (χ4v) is 1.85. The van der Waals surface area contributed by atoms with Crippen LogP contribution in [0.1, 0.15) is 12.5 Å². The Morgan fingerprint density at radius 2 is 2.26 bits per heavy atom. The van der Waals surface area contributed by atoms with E-state index in [4.69, 9.17) is 5.73 Å². The molecule has 1 heterocycles. The van der Waals surface area contributed by atoms with Gasteiger partial charge in [-0.15, -0.1) is 12.4 Å². The van der Waals surface area contributed by atoms with Gasteiger partial charge in [0, 0.05) is 23.6 Å². The molecule has 0 saturated carbocycles. The summed E-state index contributed by atoms with van der Waals surface area (Å²) in [7, 11) is 0. The van der Waals surface area contributed by atoms with Crippen molar-refractivity contribution in [3.63, 3.8) is 0 Å². The van der Waals surface area contributed by atoms with Gasteiger partial charge < -0.3 is 16.0 Å². The van der Waals surface area contributed by atoms with Gasteiger partial charge in [-0.25, -0.2) is 4.39 Å². The molecular weight excluding hydrogens is 269 g/mol. The fourth-order valence-electron chi connectivity index (χ4n) is 1.85. The van der Waals surface area contributed by atoms with E-state index in [0.717, 1.165) is 16.5 Å². The number of rotatable bonds is 4. The van der Waals surface area contributed by atoms with Gasteiger partial charge in [0.1, 0.15) is 5.82 Å². The third-order valence-corrected chi connectivity index (χ3v) is 2.84. The maximum absolute atomic E-state index is 13.0. The van der Waals surface area contributed by atoms with E-state index in [1.165, 1.54) is 12.1 Å². The van der Waals surface area contributed by atoms with Gasteiger partial charge in [0.05, 0.1) is 6.04 Å². The van der Waals surface area contributed by atoms with Crippen molar-refractivity contribution in [2.24, 2.45) is 5.73 Å². The van der Waals surface area contributed by atoms with Crippen LogP contribution in [-0.4, -0.2) is 23.5 Å². The molecule has 19 heavy (non-hydrogen) atoms. The highest BCUT2D eigenvalue weighted by Crippen LogP contribution is 2.19. The van der Waals surface area contributed by atoms with Crippen LogP contribution in [-0.2, 0) is 11.2 Å². The quantitative estimate of drug-likeness (QED) is 0.801. The number of benzene rings is 1. The molecule has 1 amide bonds. The summed E-state index contributed by atoms with van der Waals surface area (Å²) < 4.78 is 13.0. The van der Waals surface area contributed by atoms with Crippen molar-refractivity contribution >= 4 is 29.2 Å². The van der Waals surface area contributed by atoms with Crippen LogP contribution < -0.4 is 11.1 Å². The fraction of sp³-hybridized carbons (Fsp3) is 0.308. The average molecular weight is 286 g/mol. The van der Waals surface area contributed by atoms with E-state index in [0.29, 0.717) is 13.0 Å². The summed E-state index contributed by atoms with van der Waals surface area (Å²) in [4.78, 5) is 14.3. The Morgan fingerprint density at radius 1 is 1.53 bits per heavy atom. The highest BCUT2D eigenvalue weighted by Gasteiger charge is 2.08. The van der Waals surface area contributed by atoms with Crippen LogP contribution in [0.5, 0.6) is 0 Å². The zero-order valence-corrected chi connectivity index (χ0v) is 11.4. The summed E-state index contributed by atoms with van der Waals surface area (Å²) >= 11 is 0. The van der Waals surface area contributed by atoms with E-state index >= 15 is 0 Å². The number of hydrogen-bond donors (Lipinski definition) is 3. The molecule has 1 atom stereocenters. The number of aromatic nitrogens is 1. The van der Waals surface area contributed by atoms with Gasteiger partial charge >= 0.3 is 0 Å². The minimum absolute atomic E-state index is 0. The molecule has 0 radical (unpaired) electrons. The van der Waals surface area contributed by atoms with Gasteiger partial charge in [-0.05, 0) is 37.1 Å². The molecule has 6 heteroatoms. The van der Waals surface area contributed by atoms with Gasteiger partial charge in [0.15, 0.2) is 0 Å². The molecule has 4 N–H and O–H groups in total. The molecule has 0 aliphatic rings. The predicted molar refractivity (Wildman–Crippen MR) is 75.9 cm³/mol.